The lowest BCUT2D eigenvalue weighted by atomic mass is 9.66. The monoisotopic (exact) mass is 366 g/mol. The standard InChI is InChI=1S/C17H19BrO4/c1-11-8-13(12-4-6-14(18)7-5-12)10-17(9-11,15(19)21-2)16(20)22-3/h4-7,13H,1,8-10H2,2-3H3. The van der Waals surface area contributed by atoms with E-state index in [0.717, 1.165) is 22.0 Å². The molecular formula is C17H19BrO4. The molecule has 2 rings (SSSR count). The second-order valence-corrected chi connectivity index (χ2v) is 6.56. The van der Waals surface area contributed by atoms with Crippen molar-refractivity contribution >= 4 is 27.9 Å². The fraction of sp³-hybridized carbons (Fsp3) is 0.412. The molecule has 0 amide bonds. The summed E-state index contributed by atoms with van der Waals surface area (Å²) in [5.41, 5.74) is 0.632. The Morgan fingerprint density at radius 1 is 1.18 bits per heavy atom. The molecule has 1 aliphatic rings. The Bertz CT molecular complexity index is 575. The summed E-state index contributed by atoms with van der Waals surface area (Å²) in [6.45, 7) is 4.01. The van der Waals surface area contributed by atoms with Crippen LogP contribution in [0.5, 0.6) is 0 Å². The predicted octanol–water partition coefficient (Wildman–Crippen LogP) is 3.61. The van der Waals surface area contributed by atoms with Crippen LogP contribution in [0.4, 0.5) is 0 Å². The van der Waals surface area contributed by atoms with Crippen LogP contribution in [-0.4, -0.2) is 26.2 Å². The van der Waals surface area contributed by atoms with Crippen LogP contribution in [0, 0.1) is 5.41 Å². The van der Waals surface area contributed by atoms with E-state index in [2.05, 4.69) is 22.5 Å². The Morgan fingerprint density at radius 2 is 1.73 bits per heavy atom. The first-order valence-corrected chi connectivity index (χ1v) is 7.81. The molecule has 0 heterocycles. The lowest BCUT2D eigenvalue weighted by molar-refractivity contribution is -0.171. The molecule has 5 heteroatoms. The zero-order valence-corrected chi connectivity index (χ0v) is 14.3. The maximum Gasteiger partial charge on any atom is 0.323 e. The minimum absolute atomic E-state index is 0.0348. The number of benzene rings is 1. The molecule has 4 nitrogen and oxygen atoms in total. The maximum absolute atomic E-state index is 12.3. The molecule has 0 radical (unpaired) electrons. The Morgan fingerprint density at radius 3 is 2.23 bits per heavy atom. The highest BCUT2D eigenvalue weighted by Crippen LogP contribution is 2.47. The van der Waals surface area contributed by atoms with Crippen molar-refractivity contribution in [3.63, 3.8) is 0 Å². The lowest BCUT2D eigenvalue weighted by Gasteiger charge is -2.37. The van der Waals surface area contributed by atoms with Gasteiger partial charge in [-0.2, -0.15) is 0 Å². The van der Waals surface area contributed by atoms with Crippen molar-refractivity contribution < 1.29 is 19.1 Å². The summed E-state index contributed by atoms with van der Waals surface area (Å²) in [4.78, 5) is 24.6. The summed E-state index contributed by atoms with van der Waals surface area (Å²) >= 11 is 3.41. The van der Waals surface area contributed by atoms with E-state index in [0.29, 0.717) is 6.42 Å². The molecule has 1 saturated carbocycles. The fourth-order valence-corrected chi connectivity index (χ4v) is 3.43. The zero-order chi connectivity index (χ0) is 16.3. The number of ether oxygens (including phenoxy) is 2. The molecule has 0 N–H and O–H groups in total. The third kappa shape index (κ3) is 3.09. The molecule has 0 aromatic heterocycles. The largest absolute Gasteiger partial charge is 0.468 e. The molecule has 1 aromatic carbocycles. The highest BCUT2D eigenvalue weighted by Gasteiger charge is 2.52. The molecule has 0 bridgehead atoms. The summed E-state index contributed by atoms with van der Waals surface area (Å²) in [5, 5.41) is 0. The molecule has 1 aliphatic carbocycles. The molecule has 0 saturated heterocycles. The molecule has 0 spiro atoms. The molecule has 22 heavy (non-hydrogen) atoms. The van der Waals surface area contributed by atoms with Gasteiger partial charge in [0.25, 0.3) is 0 Å². The average Bonchev–Trinajstić information content (AvgIpc) is 2.53. The highest BCUT2D eigenvalue weighted by molar-refractivity contribution is 9.10. The third-order valence-corrected chi connectivity index (χ3v) is 4.70. The van der Waals surface area contributed by atoms with Gasteiger partial charge in [-0.15, -0.1) is 0 Å². The van der Waals surface area contributed by atoms with Crippen LogP contribution < -0.4 is 0 Å². The summed E-state index contributed by atoms with van der Waals surface area (Å²) < 4.78 is 10.7. The molecule has 0 aliphatic heterocycles. The SMILES string of the molecule is C=C1CC(c2ccc(Br)cc2)CC(C(=O)OC)(C(=O)OC)C1. The van der Waals surface area contributed by atoms with E-state index in [-0.39, 0.29) is 12.3 Å². The molecule has 1 unspecified atom stereocenters. The van der Waals surface area contributed by atoms with Gasteiger partial charge in [0.15, 0.2) is 5.41 Å². The highest BCUT2D eigenvalue weighted by atomic mass is 79.9. The van der Waals surface area contributed by atoms with Crippen molar-refractivity contribution in [1.82, 2.24) is 0 Å². The maximum atomic E-state index is 12.3. The van der Waals surface area contributed by atoms with E-state index in [4.69, 9.17) is 9.47 Å². The van der Waals surface area contributed by atoms with Crippen molar-refractivity contribution in [2.75, 3.05) is 14.2 Å². The van der Waals surface area contributed by atoms with Gasteiger partial charge in [0.2, 0.25) is 0 Å². The summed E-state index contributed by atoms with van der Waals surface area (Å²) in [7, 11) is 2.58. The van der Waals surface area contributed by atoms with Crippen LogP contribution in [0.2, 0.25) is 0 Å². The van der Waals surface area contributed by atoms with Crippen LogP contribution in [0.1, 0.15) is 30.7 Å². The Balaban J connectivity index is 2.39. The van der Waals surface area contributed by atoms with Crippen molar-refractivity contribution in [3.8, 4) is 0 Å². The number of hydrogen-bond acceptors (Lipinski definition) is 4. The van der Waals surface area contributed by atoms with E-state index in [1.54, 1.807) is 0 Å². The number of rotatable bonds is 3. The van der Waals surface area contributed by atoms with E-state index in [1.165, 1.54) is 14.2 Å². The van der Waals surface area contributed by atoms with Gasteiger partial charge in [-0.1, -0.05) is 40.2 Å². The first-order chi connectivity index (χ1) is 10.4. The van der Waals surface area contributed by atoms with E-state index >= 15 is 0 Å². The van der Waals surface area contributed by atoms with Gasteiger partial charge < -0.3 is 9.47 Å². The summed E-state index contributed by atoms with van der Waals surface area (Å²) in [6.07, 6.45) is 1.39. The van der Waals surface area contributed by atoms with Crippen molar-refractivity contribution in [2.24, 2.45) is 5.41 Å². The van der Waals surface area contributed by atoms with Gasteiger partial charge in [0, 0.05) is 4.47 Å². The Kier molecular flexibility index (Phi) is 5.06. The number of halogens is 1. The Labute approximate surface area is 138 Å². The van der Waals surface area contributed by atoms with Crippen LogP contribution in [0.25, 0.3) is 0 Å². The zero-order valence-electron chi connectivity index (χ0n) is 12.7. The van der Waals surface area contributed by atoms with Gasteiger partial charge in [-0.25, -0.2) is 0 Å². The van der Waals surface area contributed by atoms with Crippen LogP contribution >= 0.6 is 15.9 Å². The van der Waals surface area contributed by atoms with Crippen molar-refractivity contribution in [2.45, 2.75) is 25.2 Å². The number of carbonyl (C=O) groups excluding carboxylic acids is 2. The average molecular weight is 367 g/mol. The number of carbonyl (C=O) groups is 2. The third-order valence-electron chi connectivity index (χ3n) is 4.18. The van der Waals surface area contributed by atoms with Gasteiger partial charge in [0.1, 0.15) is 0 Å². The molecule has 1 fully saturated rings. The van der Waals surface area contributed by atoms with Gasteiger partial charge in [0.05, 0.1) is 14.2 Å². The van der Waals surface area contributed by atoms with Gasteiger partial charge >= 0.3 is 11.9 Å². The van der Waals surface area contributed by atoms with Crippen LogP contribution in [0.3, 0.4) is 0 Å². The van der Waals surface area contributed by atoms with E-state index in [1.807, 2.05) is 24.3 Å². The minimum atomic E-state index is -1.30. The normalized spacial score (nSPS) is 20.3. The van der Waals surface area contributed by atoms with E-state index in [9.17, 15) is 9.59 Å². The smallest absolute Gasteiger partial charge is 0.323 e. The summed E-state index contributed by atoms with van der Waals surface area (Å²) in [5.74, 6) is -1.07. The first kappa shape index (κ1) is 16.7. The number of allylic oxidation sites excluding steroid dienone is 1. The lowest BCUT2D eigenvalue weighted by Crippen LogP contribution is -2.45. The molecule has 118 valence electrons. The molecule has 1 aromatic rings. The second kappa shape index (κ2) is 6.65. The topological polar surface area (TPSA) is 52.6 Å². The molecular weight excluding hydrogens is 348 g/mol. The summed E-state index contributed by atoms with van der Waals surface area (Å²) in [6, 6.07) is 7.88. The Hall–Kier alpha value is -1.62. The van der Waals surface area contributed by atoms with Gasteiger partial charge in [-0.05, 0) is 42.9 Å². The van der Waals surface area contributed by atoms with Crippen molar-refractivity contribution in [1.29, 1.82) is 0 Å². The number of methoxy groups -OCH3 is 2. The van der Waals surface area contributed by atoms with Gasteiger partial charge in [-0.3, -0.25) is 9.59 Å². The van der Waals surface area contributed by atoms with Crippen LogP contribution in [-0.2, 0) is 19.1 Å². The van der Waals surface area contributed by atoms with Crippen LogP contribution in [0.15, 0.2) is 40.9 Å². The first-order valence-electron chi connectivity index (χ1n) is 7.02. The van der Waals surface area contributed by atoms with Crippen molar-refractivity contribution in [3.05, 3.63) is 46.5 Å². The minimum Gasteiger partial charge on any atom is -0.468 e. The fourth-order valence-electron chi connectivity index (χ4n) is 3.17. The molecule has 1 atom stereocenters. The predicted molar refractivity (Wildman–Crippen MR) is 86.3 cm³/mol. The number of hydrogen-bond donors (Lipinski definition) is 0. The van der Waals surface area contributed by atoms with E-state index < -0.39 is 17.4 Å². The number of esters is 2. The quantitative estimate of drug-likeness (QED) is 0.465. The second-order valence-electron chi connectivity index (χ2n) is 5.65.